The Morgan fingerprint density at radius 2 is 2.06 bits per heavy atom. The number of aliphatic hydroxyl groups is 1. The van der Waals surface area contributed by atoms with Gasteiger partial charge in [0.2, 0.25) is 0 Å². The van der Waals surface area contributed by atoms with Crippen molar-refractivity contribution in [1.82, 2.24) is 0 Å². The Hall–Kier alpha value is -0.160. The van der Waals surface area contributed by atoms with E-state index in [1.165, 1.54) is 12.8 Å². The lowest BCUT2D eigenvalue weighted by Crippen LogP contribution is -2.41. The minimum absolute atomic E-state index is 0.00657. The quantitative estimate of drug-likeness (QED) is 0.549. The molecule has 1 saturated carbocycles. The van der Waals surface area contributed by atoms with E-state index in [1.54, 1.807) is 0 Å². The van der Waals surface area contributed by atoms with Gasteiger partial charge in [0.1, 0.15) is 0 Å². The molecule has 96 valence electrons. The number of hydrogen-bond acceptors (Lipinski definition) is 4. The van der Waals surface area contributed by atoms with Crippen molar-refractivity contribution in [2.24, 2.45) is 11.7 Å². The molecule has 1 aliphatic carbocycles. The van der Waals surface area contributed by atoms with Crippen LogP contribution in [0.15, 0.2) is 0 Å². The summed E-state index contributed by atoms with van der Waals surface area (Å²) in [7, 11) is 0. The zero-order valence-corrected chi connectivity index (χ0v) is 10.2. The van der Waals surface area contributed by atoms with E-state index in [1.807, 2.05) is 0 Å². The first kappa shape index (κ1) is 13.9. The van der Waals surface area contributed by atoms with Crippen LogP contribution < -0.4 is 5.73 Å². The van der Waals surface area contributed by atoms with Crippen molar-refractivity contribution in [3.05, 3.63) is 0 Å². The Kier molecular flexibility index (Phi) is 6.96. The van der Waals surface area contributed by atoms with Gasteiger partial charge in [-0.1, -0.05) is 13.3 Å². The molecule has 0 heterocycles. The highest BCUT2D eigenvalue weighted by atomic mass is 16.5. The largest absolute Gasteiger partial charge is 0.394 e. The highest BCUT2D eigenvalue weighted by Crippen LogP contribution is 2.33. The topological polar surface area (TPSA) is 64.7 Å². The number of nitrogens with two attached hydrogens (primary N) is 1. The predicted molar refractivity (Wildman–Crippen MR) is 63.3 cm³/mol. The molecule has 0 aromatic carbocycles. The van der Waals surface area contributed by atoms with E-state index in [0.717, 1.165) is 19.4 Å². The molecule has 16 heavy (non-hydrogen) atoms. The number of rotatable bonds is 10. The lowest BCUT2D eigenvalue weighted by molar-refractivity contribution is -0.0333. The summed E-state index contributed by atoms with van der Waals surface area (Å²) < 4.78 is 10.9. The summed E-state index contributed by atoms with van der Waals surface area (Å²) in [5, 5.41) is 9.17. The predicted octanol–water partition coefficient (Wildman–Crippen LogP) is 0.918. The molecule has 1 aliphatic rings. The molecule has 0 aromatic heterocycles. The van der Waals surface area contributed by atoms with Crippen molar-refractivity contribution in [3.63, 3.8) is 0 Å². The number of hydrogen-bond donors (Lipinski definition) is 2. The normalized spacial score (nSPS) is 19.7. The molecule has 1 fully saturated rings. The van der Waals surface area contributed by atoms with Crippen LogP contribution >= 0.6 is 0 Å². The highest BCUT2D eigenvalue weighted by molar-refractivity contribution is 4.89. The standard InChI is InChI=1S/C12H25NO3/c1-2-3-6-15-7-8-16-11(9-14)12(13)10-4-5-10/h10-12,14H,2-9,13H2,1H3. The van der Waals surface area contributed by atoms with Crippen molar-refractivity contribution in [2.45, 2.75) is 44.8 Å². The van der Waals surface area contributed by atoms with Gasteiger partial charge in [0, 0.05) is 12.6 Å². The summed E-state index contributed by atoms with van der Waals surface area (Å²) in [5.74, 6) is 0.554. The van der Waals surface area contributed by atoms with Gasteiger partial charge in [-0.25, -0.2) is 0 Å². The van der Waals surface area contributed by atoms with Gasteiger partial charge >= 0.3 is 0 Å². The lowest BCUT2D eigenvalue weighted by atomic mass is 10.1. The molecule has 2 atom stereocenters. The monoisotopic (exact) mass is 231 g/mol. The maximum Gasteiger partial charge on any atom is 0.0959 e. The van der Waals surface area contributed by atoms with Gasteiger partial charge in [-0.2, -0.15) is 0 Å². The van der Waals surface area contributed by atoms with Gasteiger partial charge in [0.25, 0.3) is 0 Å². The van der Waals surface area contributed by atoms with Crippen LogP contribution in [0.25, 0.3) is 0 Å². The minimum atomic E-state index is -0.220. The van der Waals surface area contributed by atoms with Crippen molar-refractivity contribution in [3.8, 4) is 0 Å². The summed E-state index contributed by atoms with van der Waals surface area (Å²) >= 11 is 0. The summed E-state index contributed by atoms with van der Waals surface area (Å²) in [4.78, 5) is 0. The SMILES string of the molecule is CCCCOCCOC(CO)C(N)C1CC1. The number of unbranched alkanes of at least 4 members (excludes halogenated alkanes) is 1. The van der Waals surface area contributed by atoms with Crippen molar-refractivity contribution in [2.75, 3.05) is 26.4 Å². The summed E-state index contributed by atoms with van der Waals surface area (Å²) in [6.45, 7) is 4.05. The van der Waals surface area contributed by atoms with Crippen LogP contribution in [0, 0.1) is 5.92 Å². The zero-order valence-electron chi connectivity index (χ0n) is 10.2. The second kappa shape index (κ2) is 8.01. The first-order valence-corrected chi connectivity index (χ1v) is 6.35. The van der Waals surface area contributed by atoms with Crippen molar-refractivity contribution < 1.29 is 14.6 Å². The van der Waals surface area contributed by atoms with Crippen LogP contribution in [0.4, 0.5) is 0 Å². The molecule has 4 nitrogen and oxygen atoms in total. The third-order valence-electron chi connectivity index (χ3n) is 2.98. The number of aliphatic hydroxyl groups excluding tert-OH is 1. The Morgan fingerprint density at radius 3 is 2.62 bits per heavy atom. The van der Waals surface area contributed by atoms with Gasteiger partial charge in [0.15, 0.2) is 0 Å². The molecule has 0 amide bonds. The molecule has 4 heteroatoms. The Bertz CT molecular complexity index is 174. The smallest absolute Gasteiger partial charge is 0.0959 e. The molecule has 3 N–H and O–H groups in total. The molecule has 1 rings (SSSR count). The molecule has 2 unspecified atom stereocenters. The van der Waals surface area contributed by atoms with Gasteiger partial charge < -0.3 is 20.3 Å². The van der Waals surface area contributed by atoms with Crippen LogP contribution in [0.2, 0.25) is 0 Å². The van der Waals surface area contributed by atoms with Gasteiger partial charge in [-0.3, -0.25) is 0 Å². The third-order valence-corrected chi connectivity index (χ3v) is 2.98. The van der Waals surface area contributed by atoms with E-state index in [-0.39, 0.29) is 18.8 Å². The van der Waals surface area contributed by atoms with Gasteiger partial charge in [0.05, 0.1) is 25.9 Å². The molecule has 0 bridgehead atoms. The summed E-state index contributed by atoms with van der Waals surface area (Å²) in [6.07, 6.45) is 4.36. The zero-order chi connectivity index (χ0) is 11.8. The van der Waals surface area contributed by atoms with Crippen LogP contribution in [0.5, 0.6) is 0 Å². The van der Waals surface area contributed by atoms with Crippen LogP contribution in [-0.2, 0) is 9.47 Å². The van der Waals surface area contributed by atoms with Crippen molar-refractivity contribution in [1.29, 1.82) is 0 Å². The second-order valence-corrected chi connectivity index (χ2v) is 4.47. The molecule has 0 spiro atoms. The first-order chi connectivity index (χ1) is 7.79. The average molecular weight is 231 g/mol. The van der Waals surface area contributed by atoms with E-state index < -0.39 is 0 Å². The Labute approximate surface area is 98.1 Å². The van der Waals surface area contributed by atoms with Crippen LogP contribution in [0.3, 0.4) is 0 Å². The fourth-order valence-electron chi connectivity index (χ4n) is 1.68. The molecule has 0 aromatic rings. The summed E-state index contributed by atoms with van der Waals surface area (Å²) in [5.41, 5.74) is 5.97. The number of ether oxygens (including phenoxy) is 2. The van der Waals surface area contributed by atoms with Crippen molar-refractivity contribution >= 4 is 0 Å². The first-order valence-electron chi connectivity index (χ1n) is 6.35. The van der Waals surface area contributed by atoms with Gasteiger partial charge in [-0.15, -0.1) is 0 Å². The highest BCUT2D eigenvalue weighted by Gasteiger charge is 2.34. The van der Waals surface area contributed by atoms with Gasteiger partial charge in [-0.05, 0) is 25.2 Å². The average Bonchev–Trinajstić information content (AvgIpc) is 3.11. The third kappa shape index (κ3) is 5.25. The minimum Gasteiger partial charge on any atom is -0.394 e. The van der Waals surface area contributed by atoms with Crippen LogP contribution in [-0.4, -0.2) is 43.7 Å². The Morgan fingerprint density at radius 1 is 1.31 bits per heavy atom. The second-order valence-electron chi connectivity index (χ2n) is 4.47. The van der Waals surface area contributed by atoms with E-state index in [0.29, 0.717) is 19.1 Å². The molecule has 0 saturated heterocycles. The summed E-state index contributed by atoms with van der Waals surface area (Å²) in [6, 6.07) is -0.0133. The molecular weight excluding hydrogens is 206 g/mol. The van der Waals surface area contributed by atoms with E-state index in [4.69, 9.17) is 20.3 Å². The molecule has 0 aliphatic heterocycles. The fourth-order valence-corrected chi connectivity index (χ4v) is 1.68. The van der Waals surface area contributed by atoms with E-state index in [2.05, 4.69) is 6.92 Å². The maximum absolute atomic E-state index is 9.17. The molecular formula is C12H25NO3. The maximum atomic E-state index is 9.17. The Balaban J connectivity index is 2.00. The van der Waals surface area contributed by atoms with E-state index >= 15 is 0 Å². The van der Waals surface area contributed by atoms with E-state index in [9.17, 15) is 0 Å². The lowest BCUT2D eigenvalue weighted by Gasteiger charge is -2.22. The fraction of sp³-hybridized carbons (Fsp3) is 1.00. The molecule has 0 radical (unpaired) electrons. The van der Waals surface area contributed by atoms with Crippen LogP contribution in [0.1, 0.15) is 32.6 Å².